The van der Waals surface area contributed by atoms with Crippen LogP contribution < -0.4 is 4.90 Å². The van der Waals surface area contributed by atoms with E-state index >= 15 is 0 Å². The summed E-state index contributed by atoms with van der Waals surface area (Å²) >= 11 is 0. The Balaban J connectivity index is 2.12. The van der Waals surface area contributed by atoms with Gasteiger partial charge in [0.05, 0.1) is 11.1 Å². The number of benzene rings is 1. The Hall–Kier alpha value is -3.00. The van der Waals surface area contributed by atoms with E-state index in [1.54, 1.807) is 30.3 Å². The van der Waals surface area contributed by atoms with Crippen LogP contribution in [0.2, 0.25) is 0 Å². The van der Waals surface area contributed by atoms with Gasteiger partial charge in [-0.1, -0.05) is 18.2 Å². The van der Waals surface area contributed by atoms with Crippen LogP contribution in [0.25, 0.3) is 0 Å². The first kappa shape index (κ1) is 11.1. The standard InChI is InChI=1S/C14H7N3O2/c15-8-9-4-3-7-12(16-9)17-13(18)10-5-1-2-6-11(10)14(17)19/h1-7H. The van der Waals surface area contributed by atoms with Gasteiger partial charge < -0.3 is 0 Å². The van der Waals surface area contributed by atoms with Gasteiger partial charge >= 0.3 is 0 Å². The van der Waals surface area contributed by atoms with Crippen molar-refractivity contribution in [2.24, 2.45) is 0 Å². The third kappa shape index (κ3) is 1.58. The number of hydrogen-bond donors (Lipinski definition) is 0. The summed E-state index contributed by atoms with van der Waals surface area (Å²) in [5.74, 6) is -0.656. The average molecular weight is 249 g/mol. The largest absolute Gasteiger partial charge is 0.268 e. The monoisotopic (exact) mass is 249 g/mol. The lowest BCUT2D eigenvalue weighted by molar-refractivity contribution is 0.0925. The summed E-state index contributed by atoms with van der Waals surface area (Å²) in [6.07, 6.45) is 0. The van der Waals surface area contributed by atoms with Gasteiger partial charge in [-0.25, -0.2) is 9.88 Å². The number of carbonyl (C=O) groups excluding carboxylic acids is 2. The first-order chi connectivity index (χ1) is 9.22. The number of imide groups is 1. The average Bonchev–Trinajstić information content (AvgIpc) is 2.72. The number of anilines is 1. The summed E-state index contributed by atoms with van der Waals surface area (Å²) in [4.78, 5) is 29.4. The summed E-state index contributed by atoms with van der Waals surface area (Å²) in [7, 11) is 0. The predicted molar refractivity (Wildman–Crippen MR) is 66.5 cm³/mol. The number of pyridine rings is 1. The van der Waals surface area contributed by atoms with Gasteiger partial charge in [0, 0.05) is 0 Å². The van der Waals surface area contributed by atoms with Crippen molar-refractivity contribution in [3.8, 4) is 6.07 Å². The first-order valence-corrected chi connectivity index (χ1v) is 5.57. The molecule has 0 N–H and O–H groups in total. The zero-order chi connectivity index (χ0) is 13.4. The van der Waals surface area contributed by atoms with E-state index in [2.05, 4.69) is 4.98 Å². The number of fused-ring (bicyclic) bond motifs is 1. The van der Waals surface area contributed by atoms with Gasteiger partial charge in [0.2, 0.25) is 0 Å². The van der Waals surface area contributed by atoms with Crippen LogP contribution in [0.5, 0.6) is 0 Å². The van der Waals surface area contributed by atoms with Gasteiger partial charge in [0.1, 0.15) is 17.6 Å². The van der Waals surface area contributed by atoms with E-state index in [9.17, 15) is 9.59 Å². The number of nitriles is 1. The Morgan fingerprint density at radius 3 is 2.16 bits per heavy atom. The van der Waals surface area contributed by atoms with Crippen molar-refractivity contribution in [3.63, 3.8) is 0 Å². The summed E-state index contributed by atoms with van der Waals surface area (Å²) < 4.78 is 0. The summed E-state index contributed by atoms with van der Waals surface area (Å²) in [6.45, 7) is 0. The first-order valence-electron chi connectivity index (χ1n) is 5.57. The molecule has 5 nitrogen and oxygen atoms in total. The molecule has 0 unspecified atom stereocenters. The normalized spacial score (nSPS) is 13.3. The molecule has 0 spiro atoms. The third-order valence-electron chi connectivity index (χ3n) is 2.87. The molecule has 0 aliphatic carbocycles. The van der Waals surface area contributed by atoms with Crippen LogP contribution in [-0.2, 0) is 0 Å². The van der Waals surface area contributed by atoms with Crippen LogP contribution >= 0.6 is 0 Å². The molecule has 90 valence electrons. The Bertz CT molecular complexity index is 711. The highest BCUT2D eigenvalue weighted by Crippen LogP contribution is 2.26. The molecule has 0 atom stereocenters. The fraction of sp³-hybridized carbons (Fsp3) is 0. The Kier molecular flexibility index (Phi) is 2.36. The maximum absolute atomic E-state index is 12.2. The molecule has 2 aromatic rings. The molecule has 0 radical (unpaired) electrons. The van der Waals surface area contributed by atoms with Gasteiger partial charge in [0.15, 0.2) is 0 Å². The minimum atomic E-state index is -0.414. The van der Waals surface area contributed by atoms with Crippen molar-refractivity contribution >= 4 is 17.6 Å². The lowest BCUT2D eigenvalue weighted by Crippen LogP contribution is -2.30. The lowest BCUT2D eigenvalue weighted by Gasteiger charge is -2.12. The molecule has 3 rings (SSSR count). The number of aromatic nitrogens is 1. The number of carbonyl (C=O) groups is 2. The van der Waals surface area contributed by atoms with Gasteiger partial charge in [-0.05, 0) is 24.3 Å². The predicted octanol–water partition coefficient (Wildman–Crippen LogP) is 1.75. The molecule has 1 aliphatic heterocycles. The molecule has 2 amide bonds. The second-order valence-corrected chi connectivity index (χ2v) is 3.98. The number of nitrogens with zero attached hydrogens (tertiary/aromatic N) is 3. The molecule has 0 saturated carbocycles. The fourth-order valence-corrected chi connectivity index (χ4v) is 2.01. The molecule has 0 bridgehead atoms. The maximum Gasteiger partial charge on any atom is 0.267 e. The molecular weight excluding hydrogens is 242 g/mol. The Labute approximate surface area is 108 Å². The Morgan fingerprint density at radius 2 is 1.58 bits per heavy atom. The van der Waals surface area contributed by atoms with Crippen LogP contribution in [0.15, 0.2) is 42.5 Å². The van der Waals surface area contributed by atoms with Crippen molar-refractivity contribution in [2.45, 2.75) is 0 Å². The van der Waals surface area contributed by atoms with Gasteiger partial charge in [-0.3, -0.25) is 9.59 Å². The van der Waals surface area contributed by atoms with Crippen molar-refractivity contribution < 1.29 is 9.59 Å². The van der Waals surface area contributed by atoms with Crippen molar-refractivity contribution in [1.29, 1.82) is 5.26 Å². The lowest BCUT2D eigenvalue weighted by atomic mass is 10.1. The van der Waals surface area contributed by atoms with E-state index in [-0.39, 0.29) is 11.5 Å². The maximum atomic E-state index is 12.2. The van der Waals surface area contributed by atoms with Crippen molar-refractivity contribution in [3.05, 3.63) is 59.3 Å². The second kappa shape index (κ2) is 4.03. The fourth-order valence-electron chi connectivity index (χ4n) is 2.01. The number of amides is 2. The summed E-state index contributed by atoms with van der Waals surface area (Å²) in [5, 5.41) is 8.81. The molecule has 19 heavy (non-hydrogen) atoms. The molecule has 1 aromatic carbocycles. The van der Waals surface area contributed by atoms with Gasteiger partial charge in [-0.2, -0.15) is 5.26 Å². The van der Waals surface area contributed by atoms with Crippen LogP contribution in [0.1, 0.15) is 26.4 Å². The molecular formula is C14H7N3O2. The van der Waals surface area contributed by atoms with E-state index in [1.165, 1.54) is 12.1 Å². The van der Waals surface area contributed by atoms with Crippen molar-refractivity contribution in [1.82, 2.24) is 4.98 Å². The van der Waals surface area contributed by atoms with Gasteiger partial charge in [-0.15, -0.1) is 0 Å². The highest BCUT2D eigenvalue weighted by Gasteiger charge is 2.37. The van der Waals surface area contributed by atoms with Crippen LogP contribution in [0.4, 0.5) is 5.82 Å². The van der Waals surface area contributed by atoms with Crippen LogP contribution in [-0.4, -0.2) is 16.8 Å². The molecule has 0 saturated heterocycles. The van der Waals surface area contributed by atoms with Gasteiger partial charge in [0.25, 0.3) is 11.8 Å². The van der Waals surface area contributed by atoms with E-state index in [0.717, 1.165) is 4.90 Å². The third-order valence-corrected chi connectivity index (χ3v) is 2.87. The second-order valence-electron chi connectivity index (χ2n) is 3.98. The van der Waals surface area contributed by atoms with E-state index in [4.69, 9.17) is 5.26 Å². The SMILES string of the molecule is N#Cc1cccc(N2C(=O)c3ccccc3C2=O)n1. The Morgan fingerprint density at radius 1 is 0.947 bits per heavy atom. The van der Waals surface area contributed by atoms with E-state index < -0.39 is 11.8 Å². The highest BCUT2D eigenvalue weighted by molar-refractivity contribution is 6.34. The van der Waals surface area contributed by atoms with E-state index in [1.807, 2.05) is 6.07 Å². The van der Waals surface area contributed by atoms with Crippen LogP contribution in [0.3, 0.4) is 0 Å². The molecule has 2 heterocycles. The number of hydrogen-bond acceptors (Lipinski definition) is 4. The van der Waals surface area contributed by atoms with Crippen LogP contribution in [0, 0.1) is 11.3 Å². The minimum Gasteiger partial charge on any atom is -0.268 e. The quantitative estimate of drug-likeness (QED) is 0.721. The molecule has 1 aromatic heterocycles. The van der Waals surface area contributed by atoms with Crippen molar-refractivity contribution in [2.75, 3.05) is 4.90 Å². The highest BCUT2D eigenvalue weighted by atomic mass is 16.2. The van der Waals surface area contributed by atoms with E-state index in [0.29, 0.717) is 11.1 Å². The zero-order valence-electron chi connectivity index (χ0n) is 9.70. The summed E-state index contributed by atoms with van der Waals surface area (Å²) in [5.41, 5.74) is 0.877. The topological polar surface area (TPSA) is 74.1 Å². The molecule has 5 heteroatoms. The summed E-state index contributed by atoms with van der Waals surface area (Å²) in [6, 6.07) is 13.1. The zero-order valence-corrected chi connectivity index (χ0v) is 9.70. The minimum absolute atomic E-state index is 0.161. The number of rotatable bonds is 1. The molecule has 1 aliphatic rings. The smallest absolute Gasteiger partial charge is 0.267 e. The molecule has 0 fully saturated rings.